The number of carbonyl (C=O) groups excluding carboxylic acids is 1. The topological polar surface area (TPSA) is 61.4 Å². The molecule has 0 spiro atoms. The van der Waals surface area contributed by atoms with E-state index in [1.807, 2.05) is 36.4 Å². The first-order chi connectivity index (χ1) is 13.7. The van der Waals surface area contributed by atoms with Crippen molar-refractivity contribution in [2.45, 2.75) is 33.1 Å². The van der Waals surface area contributed by atoms with Crippen molar-refractivity contribution in [1.82, 2.24) is 20.4 Å². The summed E-state index contributed by atoms with van der Waals surface area (Å²) < 4.78 is 0. The molecule has 2 aromatic rings. The maximum Gasteiger partial charge on any atom is 0.251 e. The third kappa shape index (κ3) is 5.29. The van der Waals surface area contributed by atoms with Crippen LogP contribution < -0.4 is 10.2 Å². The number of hydrogen-bond donors (Lipinski definition) is 1. The molecule has 1 aliphatic rings. The Morgan fingerprint density at radius 3 is 2.36 bits per heavy atom. The monoisotopic (exact) mass is 381 g/mol. The maximum absolute atomic E-state index is 12.3. The first-order valence-corrected chi connectivity index (χ1v) is 10.4. The van der Waals surface area contributed by atoms with Crippen molar-refractivity contribution in [2.24, 2.45) is 0 Å². The molecule has 1 amide bonds. The van der Waals surface area contributed by atoms with Crippen molar-refractivity contribution < 1.29 is 4.79 Å². The highest BCUT2D eigenvalue weighted by molar-refractivity contribution is 5.94. The van der Waals surface area contributed by atoms with Crippen LogP contribution in [-0.4, -0.2) is 60.3 Å². The maximum atomic E-state index is 12.3. The number of hydrogen-bond acceptors (Lipinski definition) is 5. The highest BCUT2D eigenvalue weighted by Crippen LogP contribution is 2.21. The van der Waals surface area contributed by atoms with Gasteiger partial charge >= 0.3 is 0 Å². The summed E-state index contributed by atoms with van der Waals surface area (Å²) in [6, 6.07) is 11.6. The molecule has 28 heavy (non-hydrogen) atoms. The molecule has 1 aromatic heterocycles. The van der Waals surface area contributed by atoms with Gasteiger partial charge in [-0.15, -0.1) is 10.2 Å². The van der Waals surface area contributed by atoms with Gasteiger partial charge in [-0.3, -0.25) is 4.79 Å². The standard InChI is InChI=1S/C22H31N5O/c1-3-26(4-2)15-7-14-23-22(28)19-10-8-18(9-11-19)20-12-13-21(25-24-20)27-16-5-6-17-27/h8-13H,3-7,14-17H2,1-2H3,(H,23,28). The molecule has 0 radical (unpaired) electrons. The fourth-order valence-corrected chi connectivity index (χ4v) is 3.53. The Morgan fingerprint density at radius 2 is 1.75 bits per heavy atom. The second-order valence-corrected chi connectivity index (χ2v) is 7.18. The molecular formula is C22H31N5O. The van der Waals surface area contributed by atoms with Gasteiger partial charge in [-0.05, 0) is 63.2 Å². The Labute approximate surface area is 168 Å². The zero-order valence-corrected chi connectivity index (χ0v) is 17.0. The lowest BCUT2D eigenvalue weighted by Crippen LogP contribution is -2.29. The van der Waals surface area contributed by atoms with Crippen LogP contribution in [0.2, 0.25) is 0 Å². The Kier molecular flexibility index (Phi) is 7.37. The molecule has 6 nitrogen and oxygen atoms in total. The number of amides is 1. The quantitative estimate of drug-likeness (QED) is 0.676. The smallest absolute Gasteiger partial charge is 0.251 e. The molecule has 1 saturated heterocycles. The van der Waals surface area contributed by atoms with Crippen LogP contribution in [0.1, 0.15) is 43.5 Å². The zero-order chi connectivity index (χ0) is 19.8. The van der Waals surface area contributed by atoms with Crippen LogP contribution in [0.15, 0.2) is 36.4 Å². The van der Waals surface area contributed by atoms with Crippen molar-refractivity contribution in [2.75, 3.05) is 44.2 Å². The van der Waals surface area contributed by atoms with Gasteiger partial charge < -0.3 is 15.1 Å². The molecule has 0 unspecified atom stereocenters. The lowest BCUT2D eigenvalue weighted by molar-refractivity contribution is 0.0952. The minimum Gasteiger partial charge on any atom is -0.355 e. The molecule has 1 fully saturated rings. The van der Waals surface area contributed by atoms with E-state index in [0.717, 1.165) is 56.2 Å². The van der Waals surface area contributed by atoms with Gasteiger partial charge in [0, 0.05) is 30.8 Å². The van der Waals surface area contributed by atoms with E-state index in [0.29, 0.717) is 12.1 Å². The summed E-state index contributed by atoms with van der Waals surface area (Å²) >= 11 is 0. The zero-order valence-electron chi connectivity index (χ0n) is 17.0. The van der Waals surface area contributed by atoms with Gasteiger partial charge in [0.2, 0.25) is 0 Å². The van der Waals surface area contributed by atoms with Crippen molar-refractivity contribution in [1.29, 1.82) is 0 Å². The van der Waals surface area contributed by atoms with E-state index in [9.17, 15) is 4.79 Å². The van der Waals surface area contributed by atoms with Gasteiger partial charge in [0.05, 0.1) is 5.69 Å². The van der Waals surface area contributed by atoms with E-state index >= 15 is 0 Å². The molecule has 0 aliphatic carbocycles. The Balaban J connectivity index is 1.52. The van der Waals surface area contributed by atoms with E-state index in [-0.39, 0.29) is 5.91 Å². The fraction of sp³-hybridized carbons (Fsp3) is 0.500. The van der Waals surface area contributed by atoms with Gasteiger partial charge in [-0.1, -0.05) is 26.0 Å². The SMILES string of the molecule is CCN(CC)CCCNC(=O)c1ccc(-c2ccc(N3CCCC3)nn2)cc1. The van der Waals surface area contributed by atoms with Gasteiger partial charge in [0.15, 0.2) is 5.82 Å². The summed E-state index contributed by atoms with van der Waals surface area (Å²) in [5.41, 5.74) is 2.47. The van der Waals surface area contributed by atoms with Crippen LogP contribution in [0.5, 0.6) is 0 Å². The first kappa shape index (κ1) is 20.3. The molecule has 1 aliphatic heterocycles. The van der Waals surface area contributed by atoms with E-state index in [1.165, 1.54) is 12.8 Å². The summed E-state index contributed by atoms with van der Waals surface area (Å²) in [7, 11) is 0. The molecule has 0 atom stereocenters. The minimum absolute atomic E-state index is 0.0263. The predicted molar refractivity (Wildman–Crippen MR) is 114 cm³/mol. The molecule has 0 saturated carbocycles. The first-order valence-electron chi connectivity index (χ1n) is 10.4. The van der Waals surface area contributed by atoms with Crippen LogP contribution in [0.3, 0.4) is 0 Å². The second kappa shape index (κ2) is 10.2. The van der Waals surface area contributed by atoms with Gasteiger partial charge in [-0.25, -0.2) is 0 Å². The molecule has 1 aromatic carbocycles. The third-order valence-electron chi connectivity index (χ3n) is 5.35. The molecule has 150 valence electrons. The van der Waals surface area contributed by atoms with Gasteiger partial charge in [-0.2, -0.15) is 0 Å². The lowest BCUT2D eigenvalue weighted by Gasteiger charge is -2.17. The van der Waals surface area contributed by atoms with Crippen LogP contribution >= 0.6 is 0 Å². The van der Waals surface area contributed by atoms with Crippen molar-refractivity contribution in [3.63, 3.8) is 0 Å². The number of anilines is 1. The highest BCUT2D eigenvalue weighted by Gasteiger charge is 2.14. The summed E-state index contributed by atoms with van der Waals surface area (Å²) in [5, 5.41) is 11.7. The average Bonchev–Trinajstić information content (AvgIpc) is 3.29. The Hall–Kier alpha value is -2.47. The Morgan fingerprint density at radius 1 is 1.04 bits per heavy atom. The fourth-order valence-electron chi connectivity index (χ4n) is 3.53. The van der Waals surface area contributed by atoms with E-state index in [4.69, 9.17) is 0 Å². The number of nitrogens with zero attached hydrogens (tertiary/aromatic N) is 4. The Bertz CT molecular complexity index is 735. The van der Waals surface area contributed by atoms with Crippen molar-refractivity contribution >= 4 is 11.7 Å². The number of rotatable bonds is 9. The van der Waals surface area contributed by atoms with Crippen LogP contribution in [0.25, 0.3) is 11.3 Å². The van der Waals surface area contributed by atoms with E-state index < -0.39 is 0 Å². The van der Waals surface area contributed by atoms with Gasteiger partial charge in [0.25, 0.3) is 5.91 Å². The molecule has 3 rings (SSSR count). The van der Waals surface area contributed by atoms with Gasteiger partial charge in [0.1, 0.15) is 0 Å². The van der Waals surface area contributed by atoms with Crippen molar-refractivity contribution in [3.8, 4) is 11.3 Å². The molecule has 2 heterocycles. The number of nitrogens with one attached hydrogen (secondary N) is 1. The van der Waals surface area contributed by atoms with E-state index in [2.05, 4.69) is 39.2 Å². The molecule has 1 N–H and O–H groups in total. The molecular weight excluding hydrogens is 350 g/mol. The van der Waals surface area contributed by atoms with Crippen molar-refractivity contribution in [3.05, 3.63) is 42.0 Å². The number of benzene rings is 1. The number of carbonyl (C=O) groups is 1. The normalized spacial score (nSPS) is 13.9. The van der Waals surface area contributed by atoms with E-state index in [1.54, 1.807) is 0 Å². The largest absolute Gasteiger partial charge is 0.355 e. The predicted octanol–water partition coefficient (Wildman–Crippen LogP) is 3.21. The summed E-state index contributed by atoms with van der Waals surface area (Å²) in [4.78, 5) is 16.9. The third-order valence-corrected chi connectivity index (χ3v) is 5.35. The van der Waals surface area contributed by atoms with Crippen LogP contribution in [-0.2, 0) is 0 Å². The summed E-state index contributed by atoms with van der Waals surface area (Å²) in [6.07, 6.45) is 3.41. The van der Waals surface area contributed by atoms with Crippen LogP contribution in [0, 0.1) is 0 Å². The summed E-state index contributed by atoms with van der Waals surface area (Å²) in [6.45, 7) is 10.3. The molecule has 6 heteroatoms. The second-order valence-electron chi connectivity index (χ2n) is 7.18. The number of aromatic nitrogens is 2. The van der Waals surface area contributed by atoms with Crippen LogP contribution in [0.4, 0.5) is 5.82 Å². The minimum atomic E-state index is -0.0263. The lowest BCUT2D eigenvalue weighted by atomic mass is 10.1. The average molecular weight is 382 g/mol. The highest BCUT2D eigenvalue weighted by atomic mass is 16.1. The molecule has 0 bridgehead atoms. The summed E-state index contributed by atoms with van der Waals surface area (Å²) in [5.74, 6) is 0.920.